The van der Waals surface area contributed by atoms with Gasteiger partial charge in [-0.2, -0.15) is 0 Å². The van der Waals surface area contributed by atoms with E-state index in [1.54, 1.807) is 12.1 Å². The molecule has 0 bridgehead atoms. The Kier molecular flexibility index (Phi) is 12.1. The van der Waals surface area contributed by atoms with Crippen molar-refractivity contribution in [3.05, 3.63) is 29.8 Å². The quantitative estimate of drug-likeness (QED) is 0.291. The number of ether oxygens (including phenoxy) is 1. The Morgan fingerprint density at radius 1 is 0.935 bits per heavy atom. The van der Waals surface area contributed by atoms with Crippen molar-refractivity contribution in [1.29, 1.82) is 0 Å². The van der Waals surface area contributed by atoms with E-state index >= 15 is 0 Å². The SMILES string of the molecule is CCCCC[C@H](CC(=O)[C@@H](CC(=O)[C@@H](C)Cc1ccc(O)cc1)CC(C)C)C(=O)OC. The summed E-state index contributed by atoms with van der Waals surface area (Å²) in [4.78, 5) is 38.2. The van der Waals surface area contributed by atoms with Crippen molar-refractivity contribution in [1.82, 2.24) is 0 Å². The van der Waals surface area contributed by atoms with Gasteiger partial charge in [0.1, 0.15) is 17.3 Å². The number of phenols is 1. The molecule has 0 heterocycles. The number of ketones is 2. The van der Waals surface area contributed by atoms with Crippen LogP contribution in [0, 0.1) is 23.7 Å². The molecule has 3 atom stereocenters. The van der Waals surface area contributed by atoms with Gasteiger partial charge in [-0.1, -0.05) is 59.1 Å². The maximum Gasteiger partial charge on any atom is 0.309 e. The van der Waals surface area contributed by atoms with E-state index in [9.17, 15) is 19.5 Å². The van der Waals surface area contributed by atoms with Crippen LogP contribution in [0.15, 0.2) is 24.3 Å². The summed E-state index contributed by atoms with van der Waals surface area (Å²) in [7, 11) is 1.36. The summed E-state index contributed by atoms with van der Waals surface area (Å²) in [5, 5.41) is 9.42. The molecular weight excluding hydrogens is 392 g/mol. The third kappa shape index (κ3) is 10.1. The van der Waals surface area contributed by atoms with Crippen molar-refractivity contribution in [2.45, 2.75) is 79.1 Å². The summed E-state index contributed by atoms with van der Waals surface area (Å²) in [6, 6.07) is 6.85. The van der Waals surface area contributed by atoms with Crippen molar-refractivity contribution in [3.8, 4) is 5.75 Å². The van der Waals surface area contributed by atoms with Gasteiger partial charge in [-0.3, -0.25) is 14.4 Å². The van der Waals surface area contributed by atoms with E-state index in [4.69, 9.17) is 4.74 Å². The smallest absolute Gasteiger partial charge is 0.309 e. The summed E-state index contributed by atoms with van der Waals surface area (Å²) in [6.45, 7) is 8.07. The number of rotatable bonds is 15. The Morgan fingerprint density at radius 3 is 2.10 bits per heavy atom. The third-order valence-electron chi connectivity index (χ3n) is 5.82. The minimum Gasteiger partial charge on any atom is -0.508 e. The molecule has 1 aromatic rings. The number of unbranched alkanes of at least 4 members (excludes halogenated alkanes) is 2. The van der Waals surface area contributed by atoms with E-state index < -0.39 is 5.92 Å². The number of hydrogen-bond acceptors (Lipinski definition) is 5. The van der Waals surface area contributed by atoms with Crippen LogP contribution in [0.3, 0.4) is 0 Å². The maximum atomic E-state index is 13.1. The molecule has 0 saturated heterocycles. The van der Waals surface area contributed by atoms with Gasteiger partial charge in [-0.25, -0.2) is 0 Å². The number of Topliss-reactive ketones (excluding diaryl/α,β-unsaturated/α-hetero) is 2. The molecule has 1 rings (SSSR count). The predicted octanol–water partition coefficient (Wildman–Crippen LogP) is 5.52. The largest absolute Gasteiger partial charge is 0.508 e. The van der Waals surface area contributed by atoms with Crippen LogP contribution >= 0.6 is 0 Å². The second kappa shape index (κ2) is 14.0. The first-order chi connectivity index (χ1) is 14.7. The Hall–Kier alpha value is -2.17. The van der Waals surface area contributed by atoms with Gasteiger partial charge < -0.3 is 9.84 Å². The first kappa shape index (κ1) is 26.9. The van der Waals surface area contributed by atoms with Crippen molar-refractivity contribution in [3.63, 3.8) is 0 Å². The molecule has 0 amide bonds. The van der Waals surface area contributed by atoms with E-state index in [0.29, 0.717) is 19.3 Å². The molecule has 174 valence electrons. The molecule has 1 N–H and O–H groups in total. The van der Waals surface area contributed by atoms with E-state index in [1.807, 2.05) is 32.9 Å². The molecule has 5 heteroatoms. The van der Waals surface area contributed by atoms with Gasteiger partial charge in [0.15, 0.2) is 0 Å². The summed E-state index contributed by atoms with van der Waals surface area (Å²) in [6.07, 6.45) is 5.16. The van der Waals surface area contributed by atoms with Crippen molar-refractivity contribution in [2.24, 2.45) is 23.7 Å². The van der Waals surface area contributed by atoms with Crippen molar-refractivity contribution < 1.29 is 24.2 Å². The zero-order valence-corrected chi connectivity index (χ0v) is 19.9. The molecule has 1 aromatic carbocycles. The topological polar surface area (TPSA) is 80.7 Å². The number of esters is 1. The lowest BCUT2D eigenvalue weighted by Crippen LogP contribution is -2.28. The van der Waals surface area contributed by atoms with Gasteiger partial charge in [-0.15, -0.1) is 0 Å². The summed E-state index contributed by atoms with van der Waals surface area (Å²) in [5.74, 6) is -0.808. The molecule has 0 fully saturated rings. The molecule has 0 aliphatic rings. The normalized spacial score (nSPS) is 14.1. The molecule has 0 aliphatic heterocycles. The highest BCUT2D eigenvalue weighted by molar-refractivity contribution is 5.91. The first-order valence-corrected chi connectivity index (χ1v) is 11.6. The monoisotopic (exact) mass is 432 g/mol. The van der Waals surface area contributed by atoms with Crippen molar-refractivity contribution in [2.75, 3.05) is 7.11 Å². The van der Waals surface area contributed by atoms with Crippen LogP contribution in [-0.2, 0) is 25.5 Å². The van der Waals surface area contributed by atoms with Crippen molar-refractivity contribution >= 4 is 17.5 Å². The maximum absolute atomic E-state index is 13.1. The minimum atomic E-state index is -0.428. The van der Waals surface area contributed by atoms with Crippen LogP contribution in [0.1, 0.15) is 78.2 Å². The van der Waals surface area contributed by atoms with Gasteiger partial charge in [0.2, 0.25) is 0 Å². The van der Waals surface area contributed by atoms with Crippen LogP contribution in [0.5, 0.6) is 5.75 Å². The molecule has 0 aliphatic carbocycles. The second-order valence-electron chi connectivity index (χ2n) is 9.15. The molecule has 0 unspecified atom stereocenters. The fraction of sp³-hybridized carbons (Fsp3) is 0.654. The highest BCUT2D eigenvalue weighted by Gasteiger charge is 2.30. The molecule has 5 nitrogen and oxygen atoms in total. The fourth-order valence-corrected chi connectivity index (χ4v) is 3.96. The van der Waals surface area contributed by atoms with E-state index in [2.05, 4.69) is 6.92 Å². The lowest BCUT2D eigenvalue weighted by Gasteiger charge is -2.22. The molecule has 0 spiro atoms. The van der Waals surface area contributed by atoms with Crippen LogP contribution in [0.4, 0.5) is 0 Å². The number of hydrogen-bond donors (Lipinski definition) is 1. The predicted molar refractivity (Wildman–Crippen MR) is 123 cm³/mol. The average Bonchev–Trinajstić information content (AvgIpc) is 2.73. The number of phenolic OH excluding ortho intramolecular Hbond substituents is 1. The number of benzene rings is 1. The zero-order valence-electron chi connectivity index (χ0n) is 19.9. The van der Waals surface area contributed by atoms with Gasteiger partial charge >= 0.3 is 5.97 Å². The number of carbonyl (C=O) groups is 3. The van der Waals surface area contributed by atoms with Crippen LogP contribution in [0.25, 0.3) is 0 Å². The van der Waals surface area contributed by atoms with Gasteiger partial charge in [0, 0.05) is 24.7 Å². The molecular formula is C26H40O5. The van der Waals surface area contributed by atoms with Gasteiger partial charge in [0.25, 0.3) is 0 Å². The van der Waals surface area contributed by atoms with Crippen LogP contribution in [-0.4, -0.2) is 29.8 Å². The Morgan fingerprint density at radius 2 is 1.55 bits per heavy atom. The van der Waals surface area contributed by atoms with Gasteiger partial charge in [-0.05, 0) is 42.9 Å². The summed E-state index contributed by atoms with van der Waals surface area (Å²) in [5.41, 5.74) is 0.979. The fourth-order valence-electron chi connectivity index (χ4n) is 3.96. The number of methoxy groups -OCH3 is 1. The van der Waals surface area contributed by atoms with E-state index in [-0.39, 0.29) is 53.9 Å². The highest BCUT2D eigenvalue weighted by Crippen LogP contribution is 2.26. The third-order valence-corrected chi connectivity index (χ3v) is 5.82. The van der Waals surface area contributed by atoms with Crippen LogP contribution < -0.4 is 0 Å². The van der Waals surface area contributed by atoms with E-state index in [0.717, 1.165) is 24.8 Å². The standard InChI is InChI=1S/C26H40O5/c1-6-7-8-9-21(26(30)31-5)16-25(29)22(14-18(2)3)17-24(28)19(4)15-20-10-12-23(27)13-11-20/h10-13,18-19,21-22,27H,6-9,14-17H2,1-5H3/t19-,21+,22+/m0/s1. The molecule has 31 heavy (non-hydrogen) atoms. The molecule has 0 aromatic heterocycles. The summed E-state index contributed by atoms with van der Waals surface area (Å²) < 4.78 is 4.92. The zero-order chi connectivity index (χ0) is 23.4. The second-order valence-corrected chi connectivity index (χ2v) is 9.15. The Balaban J connectivity index is 2.79. The van der Waals surface area contributed by atoms with Crippen LogP contribution in [0.2, 0.25) is 0 Å². The average molecular weight is 433 g/mol. The molecule has 0 saturated carbocycles. The number of aromatic hydroxyl groups is 1. The summed E-state index contributed by atoms with van der Waals surface area (Å²) >= 11 is 0. The Bertz CT molecular complexity index is 692. The lowest BCUT2D eigenvalue weighted by molar-refractivity contribution is -0.148. The minimum absolute atomic E-state index is 0.00854. The Labute approximate surface area is 187 Å². The first-order valence-electron chi connectivity index (χ1n) is 11.6. The number of carbonyl (C=O) groups excluding carboxylic acids is 3. The highest BCUT2D eigenvalue weighted by atomic mass is 16.5. The van der Waals surface area contributed by atoms with E-state index in [1.165, 1.54) is 7.11 Å². The lowest BCUT2D eigenvalue weighted by atomic mass is 9.81. The van der Waals surface area contributed by atoms with Gasteiger partial charge in [0.05, 0.1) is 13.0 Å². The molecule has 0 radical (unpaired) electrons.